The van der Waals surface area contributed by atoms with Crippen molar-refractivity contribution < 1.29 is 9.15 Å². The molecule has 1 aromatic carbocycles. The molecule has 0 amide bonds. The van der Waals surface area contributed by atoms with Gasteiger partial charge in [0.25, 0.3) is 0 Å². The molecule has 0 bridgehead atoms. The van der Waals surface area contributed by atoms with Crippen LogP contribution in [0.1, 0.15) is 11.4 Å². The van der Waals surface area contributed by atoms with Gasteiger partial charge in [0.2, 0.25) is 0 Å². The maximum atomic E-state index is 5.49. The van der Waals surface area contributed by atoms with Crippen LogP contribution in [0.2, 0.25) is 0 Å². The molecule has 0 saturated heterocycles. The van der Waals surface area contributed by atoms with Crippen molar-refractivity contribution in [1.29, 1.82) is 0 Å². The van der Waals surface area contributed by atoms with Crippen LogP contribution in [0.3, 0.4) is 0 Å². The number of rotatable bonds is 5. The Morgan fingerprint density at radius 3 is 2.72 bits per heavy atom. The fourth-order valence-corrected chi connectivity index (χ4v) is 2.68. The van der Waals surface area contributed by atoms with E-state index in [1.165, 1.54) is 0 Å². The summed E-state index contributed by atoms with van der Waals surface area (Å²) in [6.45, 7) is 4.42. The first-order chi connectivity index (χ1) is 12.3. The van der Waals surface area contributed by atoms with Gasteiger partial charge in [-0.15, -0.1) is 0 Å². The number of hydrogen-bond donors (Lipinski definition) is 0. The summed E-state index contributed by atoms with van der Waals surface area (Å²) >= 11 is 0. The van der Waals surface area contributed by atoms with Crippen LogP contribution in [0, 0.1) is 0 Å². The van der Waals surface area contributed by atoms with Crippen molar-refractivity contribution in [2.75, 3.05) is 7.11 Å². The van der Waals surface area contributed by atoms with E-state index in [4.69, 9.17) is 9.15 Å². The first kappa shape index (κ1) is 15.1. The van der Waals surface area contributed by atoms with Crippen LogP contribution in [-0.2, 0) is 6.54 Å². The van der Waals surface area contributed by atoms with E-state index in [0.29, 0.717) is 29.3 Å². The topological polar surface area (TPSA) is 66.0 Å². The van der Waals surface area contributed by atoms with Gasteiger partial charge in [-0.3, -0.25) is 0 Å². The average Bonchev–Trinajstić information content (AvgIpc) is 3.32. The van der Waals surface area contributed by atoms with Gasteiger partial charge in [-0.2, -0.15) is 0 Å². The zero-order valence-corrected chi connectivity index (χ0v) is 13.7. The molecule has 25 heavy (non-hydrogen) atoms. The van der Waals surface area contributed by atoms with Gasteiger partial charge in [-0.25, -0.2) is 15.0 Å². The van der Waals surface area contributed by atoms with Crippen LogP contribution in [0.5, 0.6) is 5.75 Å². The van der Waals surface area contributed by atoms with Crippen molar-refractivity contribution in [2.45, 2.75) is 6.54 Å². The molecule has 6 heteroatoms. The lowest BCUT2D eigenvalue weighted by Gasteiger charge is -2.06. The molecule has 0 fully saturated rings. The summed E-state index contributed by atoms with van der Waals surface area (Å²) in [5, 5.41) is 0. The third kappa shape index (κ3) is 2.78. The van der Waals surface area contributed by atoms with Crippen molar-refractivity contribution in [3.8, 4) is 17.2 Å². The number of furan rings is 1. The predicted octanol–water partition coefficient (Wildman–Crippen LogP) is 3.79. The quantitative estimate of drug-likeness (QED) is 0.556. The molecular formula is C19H16N4O2. The summed E-state index contributed by atoms with van der Waals surface area (Å²) in [5.74, 6) is 2.02. The molecule has 0 radical (unpaired) electrons. The van der Waals surface area contributed by atoms with Crippen LogP contribution >= 0.6 is 0 Å². The van der Waals surface area contributed by atoms with Crippen molar-refractivity contribution in [3.63, 3.8) is 0 Å². The summed E-state index contributed by atoms with van der Waals surface area (Å²) in [6, 6.07) is 11.6. The molecule has 3 heterocycles. The second-order valence-corrected chi connectivity index (χ2v) is 5.50. The minimum absolute atomic E-state index is 0.537. The monoisotopic (exact) mass is 332 g/mol. The molecule has 0 spiro atoms. The highest BCUT2D eigenvalue weighted by atomic mass is 16.5. The predicted molar refractivity (Wildman–Crippen MR) is 95.2 cm³/mol. The van der Waals surface area contributed by atoms with E-state index in [-0.39, 0.29) is 0 Å². The van der Waals surface area contributed by atoms with E-state index in [2.05, 4.69) is 21.5 Å². The molecular weight excluding hydrogens is 316 g/mol. The minimum Gasteiger partial charge on any atom is -0.497 e. The van der Waals surface area contributed by atoms with Crippen LogP contribution in [0.15, 0.2) is 60.0 Å². The summed E-state index contributed by atoms with van der Waals surface area (Å²) in [4.78, 5) is 13.5. The minimum atomic E-state index is 0.537. The molecule has 4 rings (SSSR count). The second-order valence-electron chi connectivity index (χ2n) is 5.50. The Bertz CT molecular complexity index is 1020. The smallest absolute Gasteiger partial charge is 0.164 e. The number of benzene rings is 1. The molecule has 0 aliphatic heterocycles. The van der Waals surface area contributed by atoms with E-state index in [9.17, 15) is 0 Å². The largest absolute Gasteiger partial charge is 0.497 e. The van der Waals surface area contributed by atoms with E-state index in [0.717, 1.165) is 17.0 Å². The van der Waals surface area contributed by atoms with Gasteiger partial charge in [-0.1, -0.05) is 18.7 Å². The Morgan fingerprint density at radius 1 is 1.20 bits per heavy atom. The fourth-order valence-electron chi connectivity index (χ4n) is 2.68. The van der Waals surface area contributed by atoms with Crippen LogP contribution in [0.4, 0.5) is 0 Å². The van der Waals surface area contributed by atoms with Crippen molar-refractivity contribution in [1.82, 2.24) is 19.5 Å². The summed E-state index contributed by atoms with van der Waals surface area (Å²) < 4.78 is 12.7. The Kier molecular flexibility index (Phi) is 3.78. The molecule has 0 unspecified atom stereocenters. The first-order valence-corrected chi connectivity index (χ1v) is 7.80. The van der Waals surface area contributed by atoms with Crippen molar-refractivity contribution in [3.05, 3.63) is 67.0 Å². The molecule has 0 saturated carbocycles. The van der Waals surface area contributed by atoms with Gasteiger partial charge in [0.1, 0.15) is 17.0 Å². The van der Waals surface area contributed by atoms with E-state index < -0.39 is 0 Å². The molecule has 3 aromatic heterocycles. The second kappa shape index (κ2) is 6.24. The van der Waals surface area contributed by atoms with E-state index >= 15 is 0 Å². The fraction of sp³-hybridized carbons (Fsp3) is 0.105. The Balaban J connectivity index is 1.79. The number of aromatic nitrogens is 4. The summed E-state index contributed by atoms with van der Waals surface area (Å²) in [6.07, 6.45) is 5.00. The van der Waals surface area contributed by atoms with Gasteiger partial charge in [0, 0.05) is 0 Å². The molecule has 0 N–H and O–H groups in total. The van der Waals surface area contributed by atoms with E-state index in [1.54, 1.807) is 25.8 Å². The number of hydrogen-bond acceptors (Lipinski definition) is 5. The standard InChI is InChI=1S/C19H16N4O2/c1-3-16-21-17(15-5-4-10-25-15)18-19(22-16)23(12-20-18)11-13-6-8-14(24-2)9-7-13/h3-10,12H,1,11H2,2H3. The number of ether oxygens (including phenoxy) is 1. The normalized spacial score (nSPS) is 10.9. The van der Waals surface area contributed by atoms with Crippen LogP contribution < -0.4 is 4.74 Å². The lowest BCUT2D eigenvalue weighted by atomic mass is 10.2. The molecule has 4 aromatic rings. The molecule has 0 aliphatic rings. The molecule has 6 nitrogen and oxygen atoms in total. The number of fused-ring (bicyclic) bond motifs is 1. The van der Waals surface area contributed by atoms with Gasteiger partial charge in [0.05, 0.1) is 26.2 Å². The highest BCUT2D eigenvalue weighted by Crippen LogP contribution is 2.26. The third-order valence-electron chi connectivity index (χ3n) is 3.93. The van der Waals surface area contributed by atoms with Gasteiger partial charge < -0.3 is 13.7 Å². The lowest BCUT2D eigenvalue weighted by molar-refractivity contribution is 0.414. The van der Waals surface area contributed by atoms with Crippen molar-refractivity contribution >= 4 is 17.2 Å². The van der Waals surface area contributed by atoms with Crippen LogP contribution in [0.25, 0.3) is 28.7 Å². The maximum absolute atomic E-state index is 5.49. The maximum Gasteiger partial charge on any atom is 0.164 e. The molecule has 124 valence electrons. The first-order valence-electron chi connectivity index (χ1n) is 7.80. The Hall–Kier alpha value is -3.41. The lowest BCUT2D eigenvalue weighted by Crippen LogP contribution is -2.01. The van der Waals surface area contributed by atoms with Crippen LogP contribution in [-0.4, -0.2) is 26.6 Å². The van der Waals surface area contributed by atoms with Gasteiger partial charge in [0.15, 0.2) is 17.2 Å². The highest BCUT2D eigenvalue weighted by Gasteiger charge is 2.15. The number of imidazole rings is 1. The molecule has 0 aliphatic carbocycles. The third-order valence-corrected chi connectivity index (χ3v) is 3.93. The zero-order valence-electron chi connectivity index (χ0n) is 13.7. The Morgan fingerprint density at radius 2 is 2.04 bits per heavy atom. The molecule has 0 atom stereocenters. The number of methoxy groups -OCH3 is 1. The summed E-state index contributed by atoms with van der Waals surface area (Å²) in [5.41, 5.74) is 3.23. The van der Waals surface area contributed by atoms with Crippen molar-refractivity contribution in [2.24, 2.45) is 0 Å². The zero-order chi connectivity index (χ0) is 17.2. The SMILES string of the molecule is C=Cc1nc(-c2ccco2)c2ncn(Cc3ccc(OC)cc3)c2n1. The number of nitrogens with zero attached hydrogens (tertiary/aromatic N) is 4. The Labute approximate surface area is 144 Å². The highest BCUT2D eigenvalue weighted by molar-refractivity contribution is 5.86. The van der Waals surface area contributed by atoms with Gasteiger partial charge >= 0.3 is 0 Å². The average molecular weight is 332 g/mol. The van der Waals surface area contributed by atoms with E-state index in [1.807, 2.05) is 41.0 Å². The van der Waals surface area contributed by atoms with Gasteiger partial charge in [-0.05, 0) is 35.9 Å². The summed E-state index contributed by atoms with van der Waals surface area (Å²) in [7, 11) is 1.66.